The minimum absolute atomic E-state index is 0.129. The number of fused-ring (bicyclic) bond motifs is 1. The maximum atomic E-state index is 12.0. The molecule has 132 valence electrons. The minimum atomic E-state index is -0.568. The zero-order valence-corrected chi connectivity index (χ0v) is 14.5. The van der Waals surface area contributed by atoms with Crippen LogP contribution in [0.2, 0.25) is 0 Å². The molecule has 1 amide bonds. The molecule has 0 bridgehead atoms. The normalized spacial score (nSPS) is 11.1. The van der Waals surface area contributed by atoms with E-state index in [1.54, 1.807) is 0 Å². The van der Waals surface area contributed by atoms with E-state index in [2.05, 4.69) is 15.4 Å². The molecule has 4 aromatic rings. The smallest absolute Gasteiger partial charge is 0.387 e. The van der Waals surface area contributed by atoms with Gasteiger partial charge in [-0.05, 0) is 23.6 Å². The number of imidazole rings is 1. The van der Waals surface area contributed by atoms with Gasteiger partial charge in [-0.1, -0.05) is 12.1 Å². The van der Waals surface area contributed by atoms with E-state index in [1.165, 1.54) is 16.0 Å². The molecule has 0 saturated heterocycles. The van der Waals surface area contributed by atoms with Crippen LogP contribution >= 0.6 is 11.3 Å². The van der Waals surface area contributed by atoms with E-state index in [0.29, 0.717) is 6.54 Å². The number of rotatable bonds is 6. The molecule has 4 rings (SSSR count). The first-order valence-corrected chi connectivity index (χ1v) is 8.88. The Morgan fingerprint density at radius 2 is 2.19 bits per heavy atom. The maximum Gasteiger partial charge on any atom is 0.437 e. The number of carbonyl (C=O) groups is 1. The largest absolute Gasteiger partial charge is 0.437 e. The lowest BCUT2D eigenvalue weighted by molar-refractivity contribution is -0.121. The second-order valence-electron chi connectivity index (χ2n) is 5.60. The fourth-order valence-corrected chi connectivity index (χ4v) is 3.15. The summed E-state index contributed by atoms with van der Waals surface area (Å²) in [7, 11) is 0. The number of hydrogen-bond donors (Lipinski definition) is 1. The molecule has 0 aliphatic heterocycles. The fourth-order valence-electron chi connectivity index (χ4n) is 2.50. The first-order valence-electron chi connectivity index (χ1n) is 8.00. The lowest BCUT2D eigenvalue weighted by atomic mass is 10.4. The summed E-state index contributed by atoms with van der Waals surface area (Å²) in [5.74, 6) is -0.480. The highest BCUT2D eigenvalue weighted by atomic mass is 32.1. The Morgan fingerprint density at radius 1 is 1.27 bits per heavy atom. The summed E-state index contributed by atoms with van der Waals surface area (Å²) >= 11 is 1.43. The van der Waals surface area contributed by atoms with Crippen molar-refractivity contribution in [2.45, 2.75) is 19.5 Å². The third kappa shape index (κ3) is 3.42. The van der Waals surface area contributed by atoms with Gasteiger partial charge in [-0.2, -0.15) is 4.68 Å². The minimum Gasteiger partial charge on any atom is -0.387 e. The van der Waals surface area contributed by atoms with Gasteiger partial charge >= 0.3 is 5.76 Å². The Kier molecular flexibility index (Phi) is 4.36. The number of carbonyl (C=O) groups excluding carboxylic acids is 1. The van der Waals surface area contributed by atoms with Crippen molar-refractivity contribution in [2.75, 3.05) is 0 Å². The molecule has 1 N–H and O–H groups in total. The van der Waals surface area contributed by atoms with Crippen molar-refractivity contribution in [2.24, 2.45) is 0 Å². The Morgan fingerprint density at radius 3 is 3.00 bits per heavy atom. The summed E-state index contributed by atoms with van der Waals surface area (Å²) < 4.78 is 8.17. The number of nitrogens with zero attached hydrogens (tertiary/aromatic N) is 4. The van der Waals surface area contributed by atoms with Crippen molar-refractivity contribution < 1.29 is 9.21 Å². The maximum absolute atomic E-state index is 12.0. The summed E-state index contributed by atoms with van der Waals surface area (Å²) in [5, 5.41) is 8.80. The molecule has 4 aromatic heterocycles. The third-order valence-electron chi connectivity index (χ3n) is 3.77. The van der Waals surface area contributed by atoms with E-state index < -0.39 is 5.76 Å². The Balaban J connectivity index is 1.33. The van der Waals surface area contributed by atoms with Crippen LogP contribution in [0, 0.1) is 0 Å². The lowest BCUT2D eigenvalue weighted by Gasteiger charge is -2.02. The molecule has 0 atom stereocenters. The van der Waals surface area contributed by atoms with Crippen LogP contribution in [0.5, 0.6) is 0 Å². The van der Waals surface area contributed by atoms with Gasteiger partial charge in [0.15, 0.2) is 0 Å². The summed E-state index contributed by atoms with van der Waals surface area (Å²) in [4.78, 5) is 29.0. The van der Waals surface area contributed by atoms with Crippen molar-refractivity contribution in [3.8, 4) is 10.8 Å². The molecule has 0 aromatic carbocycles. The van der Waals surface area contributed by atoms with Gasteiger partial charge in [-0.15, -0.1) is 16.4 Å². The number of pyridine rings is 1. The van der Waals surface area contributed by atoms with E-state index >= 15 is 0 Å². The highest BCUT2D eigenvalue weighted by Gasteiger charge is 2.12. The molecule has 0 unspecified atom stereocenters. The van der Waals surface area contributed by atoms with Crippen LogP contribution in [0.1, 0.15) is 12.1 Å². The molecule has 8 nitrogen and oxygen atoms in total. The van der Waals surface area contributed by atoms with Gasteiger partial charge in [0, 0.05) is 18.8 Å². The molecule has 0 aliphatic rings. The van der Waals surface area contributed by atoms with Gasteiger partial charge in [0.05, 0.1) is 23.7 Å². The van der Waals surface area contributed by atoms with E-state index in [0.717, 1.165) is 16.2 Å². The van der Waals surface area contributed by atoms with Crippen LogP contribution < -0.4 is 11.1 Å². The number of thiophene rings is 1. The molecule has 4 heterocycles. The summed E-state index contributed by atoms with van der Waals surface area (Å²) in [6.07, 6.45) is 3.89. The zero-order valence-electron chi connectivity index (χ0n) is 13.7. The fraction of sp³-hybridized carbons (Fsp3) is 0.176. The van der Waals surface area contributed by atoms with Crippen LogP contribution in [-0.4, -0.2) is 25.1 Å². The first-order chi connectivity index (χ1) is 12.7. The van der Waals surface area contributed by atoms with Crippen LogP contribution in [0.3, 0.4) is 0 Å². The third-order valence-corrected chi connectivity index (χ3v) is 4.63. The lowest BCUT2D eigenvalue weighted by Crippen LogP contribution is -2.26. The Bertz CT molecular complexity index is 1060. The van der Waals surface area contributed by atoms with E-state index in [1.807, 2.05) is 52.5 Å². The molecule has 26 heavy (non-hydrogen) atoms. The van der Waals surface area contributed by atoms with Crippen LogP contribution in [-0.2, 0) is 17.9 Å². The Labute approximate surface area is 151 Å². The summed E-state index contributed by atoms with van der Waals surface area (Å²) in [5.41, 5.74) is 1.59. The van der Waals surface area contributed by atoms with Crippen LogP contribution in [0.25, 0.3) is 16.4 Å². The average Bonchev–Trinajstić information content (AvgIpc) is 3.37. The number of amides is 1. The monoisotopic (exact) mass is 369 g/mol. The molecule has 0 fully saturated rings. The quantitative estimate of drug-likeness (QED) is 0.560. The first kappa shape index (κ1) is 16.3. The average molecular weight is 369 g/mol. The molecular formula is C17H15N5O3S. The number of aromatic nitrogens is 4. The molecular weight excluding hydrogens is 354 g/mol. The van der Waals surface area contributed by atoms with Gasteiger partial charge in [-0.25, -0.2) is 9.78 Å². The highest BCUT2D eigenvalue weighted by Crippen LogP contribution is 2.21. The van der Waals surface area contributed by atoms with Gasteiger partial charge in [0.25, 0.3) is 5.89 Å². The zero-order chi connectivity index (χ0) is 17.9. The van der Waals surface area contributed by atoms with Gasteiger partial charge in [-0.3, -0.25) is 4.79 Å². The summed E-state index contributed by atoms with van der Waals surface area (Å²) in [6, 6.07) is 9.39. The van der Waals surface area contributed by atoms with E-state index in [4.69, 9.17) is 4.42 Å². The second kappa shape index (κ2) is 6.96. The van der Waals surface area contributed by atoms with Crippen molar-refractivity contribution in [3.63, 3.8) is 0 Å². The predicted molar refractivity (Wildman–Crippen MR) is 95.7 cm³/mol. The van der Waals surface area contributed by atoms with Crippen LogP contribution in [0.4, 0.5) is 0 Å². The van der Waals surface area contributed by atoms with Crippen molar-refractivity contribution in [3.05, 3.63) is 64.4 Å². The van der Waals surface area contributed by atoms with Crippen molar-refractivity contribution in [1.29, 1.82) is 0 Å². The van der Waals surface area contributed by atoms with E-state index in [9.17, 15) is 9.59 Å². The topological polar surface area (TPSA) is 94.4 Å². The van der Waals surface area contributed by atoms with Gasteiger partial charge in [0.2, 0.25) is 5.91 Å². The number of nitrogens with one attached hydrogen (secondary N) is 1. The van der Waals surface area contributed by atoms with Crippen LogP contribution in [0.15, 0.2) is 57.3 Å². The van der Waals surface area contributed by atoms with Crippen molar-refractivity contribution >= 4 is 22.9 Å². The molecule has 0 saturated carbocycles. The number of hydrogen-bond acceptors (Lipinski definition) is 6. The van der Waals surface area contributed by atoms with Crippen molar-refractivity contribution in [1.82, 2.24) is 24.5 Å². The predicted octanol–water partition coefficient (Wildman–Crippen LogP) is 1.92. The van der Waals surface area contributed by atoms with Gasteiger partial charge in [0.1, 0.15) is 5.65 Å². The highest BCUT2D eigenvalue weighted by molar-refractivity contribution is 7.13. The standard InChI is InChI=1S/C17H15N5O3S/c23-15(18-10-12-11-21-7-2-1-5-14(21)19-12)6-8-22-17(24)25-16(20-22)13-4-3-9-26-13/h1-5,7,9,11H,6,8,10H2,(H,18,23). The molecule has 0 radical (unpaired) electrons. The summed E-state index contributed by atoms with van der Waals surface area (Å²) in [6.45, 7) is 0.485. The van der Waals surface area contributed by atoms with E-state index in [-0.39, 0.29) is 24.8 Å². The van der Waals surface area contributed by atoms with Gasteiger partial charge < -0.3 is 14.1 Å². The second-order valence-corrected chi connectivity index (χ2v) is 6.55. The molecule has 0 spiro atoms. The molecule has 0 aliphatic carbocycles. The SMILES string of the molecule is O=C(CCn1nc(-c2cccs2)oc1=O)NCc1cn2ccccc2n1. The Hall–Kier alpha value is -3.20. The number of aryl methyl sites for hydroxylation is 1. The molecule has 9 heteroatoms.